The van der Waals surface area contributed by atoms with Gasteiger partial charge in [-0.05, 0) is 31.5 Å². The Kier molecular flexibility index (Phi) is 5.68. The highest BCUT2D eigenvalue weighted by molar-refractivity contribution is 5.32. The third-order valence-corrected chi connectivity index (χ3v) is 4.94. The Morgan fingerprint density at radius 1 is 1.09 bits per heavy atom. The van der Waals surface area contributed by atoms with Crippen LogP contribution in [-0.2, 0) is 26.0 Å². The fourth-order valence-corrected chi connectivity index (χ4v) is 3.30. The lowest BCUT2D eigenvalue weighted by molar-refractivity contribution is 0.0174. The fourth-order valence-electron chi connectivity index (χ4n) is 3.30. The molecule has 0 aliphatic rings. The predicted molar refractivity (Wildman–Crippen MR) is 113 cm³/mol. The number of nitrogens with zero attached hydrogens (tertiary/aromatic N) is 7. The zero-order valence-electron chi connectivity index (χ0n) is 18.3. The van der Waals surface area contributed by atoms with Gasteiger partial charge in [0.1, 0.15) is 6.61 Å². The van der Waals surface area contributed by atoms with Crippen molar-refractivity contribution in [1.82, 2.24) is 34.7 Å². The van der Waals surface area contributed by atoms with Crippen molar-refractivity contribution < 1.29 is 13.5 Å². The Morgan fingerprint density at radius 3 is 2.56 bits per heavy atom. The molecule has 4 rings (SSSR count). The van der Waals surface area contributed by atoms with E-state index >= 15 is 0 Å². The number of aryl methyl sites for hydroxylation is 3. The van der Waals surface area contributed by atoms with Crippen LogP contribution in [0.15, 0.2) is 42.6 Å². The van der Waals surface area contributed by atoms with E-state index in [4.69, 9.17) is 4.74 Å². The van der Waals surface area contributed by atoms with Gasteiger partial charge in [0, 0.05) is 37.7 Å². The monoisotopic (exact) mass is 439 g/mol. The Bertz CT molecular complexity index is 1240. The molecule has 10 heteroatoms. The maximum atomic E-state index is 13.8. The minimum atomic E-state index is -2.91. The SMILES string of the molecule is Cc1cc(C)n(-c2nc(Cc3cccc(C(C)(F)F)c3)cc(OCc3cnnn3C)n2)n1. The minimum Gasteiger partial charge on any atom is -0.471 e. The summed E-state index contributed by atoms with van der Waals surface area (Å²) < 4.78 is 36.7. The smallest absolute Gasteiger partial charge is 0.270 e. The molecule has 3 aromatic heterocycles. The number of ether oxygens (including phenoxy) is 1. The van der Waals surface area contributed by atoms with Crippen molar-refractivity contribution in [3.05, 3.63) is 76.5 Å². The lowest BCUT2D eigenvalue weighted by Gasteiger charge is -2.13. The van der Waals surface area contributed by atoms with Crippen LogP contribution < -0.4 is 4.74 Å². The van der Waals surface area contributed by atoms with E-state index in [1.54, 1.807) is 40.8 Å². The van der Waals surface area contributed by atoms with Gasteiger partial charge in [-0.2, -0.15) is 10.1 Å². The normalized spacial score (nSPS) is 11.7. The van der Waals surface area contributed by atoms with E-state index < -0.39 is 5.92 Å². The van der Waals surface area contributed by atoms with Crippen LogP contribution >= 0.6 is 0 Å². The second-order valence-corrected chi connectivity index (χ2v) is 7.74. The first-order valence-corrected chi connectivity index (χ1v) is 10.0. The van der Waals surface area contributed by atoms with Gasteiger partial charge in [0.25, 0.3) is 11.9 Å². The van der Waals surface area contributed by atoms with Crippen LogP contribution in [-0.4, -0.2) is 34.7 Å². The summed E-state index contributed by atoms with van der Waals surface area (Å²) in [6.07, 6.45) is 1.95. The molecule has 0 aliphatic heterocycles. The van der Waals surface area contributed by atoms with Crippen LogP contribution in [0.25, 0.3) is 5.95 Å². The molecule has 0 bridgehead atoms. The van der Waals surface area contributed by atoms with Crippen molar-refractivity contribution in [3.63, 3.8) is 0 Å². The zero-order chi connectivity index (χ0) is 22.9. The number of halogens is 2. The standard InChI is InChI=1S/C22H23F2N7O/c1-14-8-15(2)31(28-14)21-26-18(10-16-6-5-7-17(9-16)22(3,23)24)11-20(27-21)32-13-19-12-25-29-30(19)4/h5-9,11-12H,10,13H2,1-4H3. The van der Waals surface area contributed by atoms with Crippen LogP contribution in [0.3, 0.4) is 0 Å². The van der Waals surface area contributed by atoms with Crippen molar-refractivity contribution in [1.29, 1.82) is 0 Å². The lowest BCUT2D eigenvalue weighted by atomic mass is 10.0. The number of benzene rings is 1. The molecular formula is C22H23F2N7O. The van der Waals surface area contributed by atoms with Gasteiger partial charge in [-0.25, -0.2) is 23.1 Å². The largest absolute Gasteiger partial charge is 0.471 e. The number of alkyl halides is 2. The minimum absolute atomic E-state index is 0.0389. The first-order valence-electron chi connectivity index (χ1n) is 10.0. The Hall–Kier alpha value is -3.69. The summed E-state index contributed by atoms with van der Waals surface area (Å²) in [7, 11) is 1.77. The lowest BCUT2D eigenvalue weighted by Crippen LogP contribution is -2.11. The van der Waals surface area contributed by atoms with Crippen molar-refractivity contribution >= 4 is 0 Å². The van der Waals surface area contributed by atoms with E-state index in [2.05, 4.69) is 25.4 Å². The van der Waals surface area contributed by atoms with E-state index in [9.17, 15) is 8.78 Å². The van der Waals surface area contributed by atoms with E-state index in [-0.39, 0.29) is 12.2 Å². The maximum Gasteiger partial charge on any atom is 0.270 e. The highest BCUT2D eigenvalue weighted by Gasteiger charge is 2.24. The number of aromatic nitrogens is 7. The first-order chi connectivity index (χ1) is 15.2. The predicted octanol–water partition coefficient (Wildman–Crippen LogP) is 3.69. The number of hydrogen-bond acceptors (Lipinski definition) is 6. The van der Waals surface area contributed by atoms with E-state index in [0.29, 0.717) is 29.5 Å². The quantitative estimate of drug-likeness (QED) is 0.437. The van der Waals surface area contributed by atoms with Crippen molar-refractivity contribution in [3.8, 4) is 11.8 Å². The molecule has 0 aliphatic carbocycles. The molecule has 0 saturated carbocycles. The van der Waals surface area contributed by atoms with Crippen LogP contribution in [0, 0.1) is 13.8 Å². The summed E-state index contributed by atoms with van der Waals surface area (Å²) in [6, 6.07) is 9.95. The third-order valence-electron chi connectivity index (χ3n) is 4.94. The van der Waals surface area contributed by atoms with E-state index in [1.165, 1.54) is 12.1 Å². The molecule has 0 N–H and O–H groups in total. The average molecular weight is 439 g/mol. The molecular weight excluding hydrogens is 416 g/mol. The summed E-state index contributed by atoms with van der Waals surface area (Å²) in [4.78, 5) is 9.12. The molecule has 1 aromatic carbocycles. The Balaban J connectivity index is 1.68. The molecule has 0 fully saturated rings. The van der Waals surface area contributed by atoms with Gasteiger partial charge >= 0.3 is 0 Å². The summed E-state index contributed by atoms with van der Waals surface area (Å²) in [5, 5.41) is 12.2. The van der Waals surface area contributed by atoms with Gasteiger partial charge in [0.05, 0.1) is 23.3 Å². The van der Waals surface area contributed by atoms with Gasteiger partial charge in [-0.1, -0.05) is 23.4 Å². The molecule has 32 heavy (non-hydrogen) atoms. The van der Waals surface area contributed by atoms with Crippen molar-refractivity contribution in [2.45, 2.75) is 39.7 Å². The summed E-state index contributed by atoms with van der Waals surface area (Å²) in [5.74, 6) is -2.22. The van der Waals surface area contributed by atoms with Crippen LogP contribution in [0.1, 0.15) is 40.8 Å². The van der Waals surface area contributed by atoms with Gasteiger partial charge in [0.15, 0.2) is 0 Å². The van der Waals surface area contributed by atoms with Crippen molar-refractivity contribution in [2.24, 2.45) is 7.05 Å². The van der Waals surface area contributed by atoms with Crippen LogP contribution in [0.4, 0.5) is 8.78 Å². The Morgan fingerprint density at radius 2 is 1.91 bits per heavy atom. The maximum absolute atomic E-state index is 13.8. The molecule has 0 atom stereocenters. The molecule has 0 amide bonds. The summed E-state index contributed by atoms with van der Waals surface area (Å²) in [6.45, 7) is 4.90. The molecule has 0 radical (unpaired) electrons. The Labute approximate surface area is 183 Å². The topological polar surface area (TPSA) is 83.5 Å². The number of hydrogen-bond donors (Lipinski definition) is 0. The molecule has 0 spiro atoms. The molecule has 4 aromatic rings. The summed E-state index contributed by atoms with van der Waals surface area (Å²) in [5.41, 5.74) is 3.77. The highest BCUT2D eigenvalue weighted by Crippen LogP contribution is 2.28. The molecule has 0 saturated heterocycles. The second-order valence-electron chi connectivity index (χ2n) is 7.74. The van der Waals surface area contributed by atoms with Crippen molar-refractivity contribution in [2.75, 3.05) is 0 Å². The molecule has 0 unspecified atom stereocenters. The molecule has 166 valence electrons. The van der Waals surface area contributed by atoms with Gasteiger partial charge in [-0.15, -0.1) is 5.10 Å². The first kappa shape index (κ1) is 21.5. The van der Waals surface area contributed by atoms with Gasteiger partial charge < -0.3 is 4.74 Å². The molecule has 8 nitrogen and oxygen atoms in total. The van der Waals surface area contributed by atoms with Crippen LogP contribution in [0.5, 0.6) is 5.88 Å². The summed E-state index contributed by atoms with van der Waals surface area (Å²) >= 11 is 0. The van der Waals surface area contributed by atoms with E-state index in [0.717, 1.165) is 24.0 Å². The molecule has 3 heterocycles. The van der Waals surface area contributed by atoms with Gasteiger partial charge in [-0.3, -0.25) is 0 Å². The van der Waals surface area contributed by atoms with Gasteiger partial charge in [0.2, 0.25) is 5.88 Å². The number of rotatable bonds is 7. The van der Waals surface area contributed by atoms with Crippen LogP contribution in [0.2, 0.25) is 0 Å². The fraction of sp³-hybridized carbons (Fsp3) is 0.318. The second kappa shape index (κ2) is 8.45. The third kappa shape index (κ3) is 4.79. The van der Waals surface area contributed by atoms with E-state index in [1.807, 2.05) is 19.9 Å². The average Bonchev–Trinajstić information content (AvgIpc) is 3.29. The highest BCUT2D eigenvalue weighted by atomic mass is 19.3. The zero-order valence-corrected chi connectivity index (χ0v) is 18.3.